The van der Waals surface area contributed by atoms with Crippen LogP contribution in [0.4, 0.5) is 11.5 Å². The van der Waals surface area contributed by atoms with Crippen molar-refractivity contribution in [2.24, 2.45) is 0 Å². The summed E-state index contributed by atoms with van der Waals surface area (Å²) in [6, 6.07) is 18.3. The van der Waals surface area contributed by atoms with Crippen molar-refractivity contribution in [2.45, 2.75) is 5.88 Å². The maximum Gasteiger partial charge on any atom is 0.138 e. The van der Waals surface area contributed by atoms with Crippen LogP contribution in [-0.4, -0.2) is 4.98 Å². The van der Waals surface area contributed by atoms with Gasteiger partial charge >= 0.3 is 0 Å². The summed E-state index contributed by atoms with van der Waals surface area (Å²) in [6.45, 7) is 0. The van der Waals surface area contributed by atoms with Gasteiger partial charge in [-0.3, -0.25) is 0 Å². The number of fused-ring (bicyclic) bond motifs is 1. The Kier molecular flexibility index (Phi) is 3.34. The van der Waals surface area contributed by atoms with Gasteiger partial charge in [-0.25, -0.2) is 4.98 Å². The number of nitrogens with one attached hydrogen (secondary N) is 1. The second-order valence-electron chi connectivity index (χ2n) is 4.34. The zero-order valence-electron chi connectivity index (χ0n) is 10.3. The van der Waals surface area contributed by atoms with Crippen LogP contribution < -0.4 is 5.32 Å². The first kappa shape index (κ1) is 12.0. The zero-order valence-corrected chi connectivity index (χ0v) is 11.1. The van der Waals surface area contributed by atoms with Gasteiger partial charge in [0.15, 0.2) is 0 Å². The zero-order chi connectivity index (χ0) is 13.1. The second-order valence-corrected chi connectivity index (χ2v) is 4.60. The molecule has 0 radical (unpaired) electrons. The number of rotatable bonds is 3. The third-order valence-electron chi connectivity index (χ3n) is 3.04. The molecular formula is C16H13ClN2. The lowest BCUT2D eigenvalue weighted by Gasteiger charge is -2.09. The van der Waals surface area contributed by atoms with E-state index < -0.39 is 0 Å². The van der Waals surface area contributed by atoms with E-state index in [0.717, 1.165) is 22.5 Å². The average Bonchev–Trinajstić information content (AvgIpc) is 2.48. The average molecular weight is 269 g/mol. The Morgan fingerprint density at radius 2 is 1.74 bits per heavy atom. The first-order valence-electron chi connectivity index (χ1n) is 6.12. The summed E-state index contributed by atoms with van der Waals surface area (Å²) in [4.78, 5) is 4.41. The van der Waals surface area contributed by atoms with E-state index in [1.807, 2.05) is 48.7 Å². The molecule has 0 saturated carbocycles. The van der Waals surface area contributed by atoms with E-state index in [1.165, 1.54) is 5.39 Å². The molecule has 2 aromatic carbocycles. The fourth-order valence-corrected chi connectivity index (χ4v) is 2.21. The van der Waals surface area contributed by atoms with Crippen molar-refractivity contribution in [1.29, 1.82) is 0 Å². The number of nitrogens with zero attached hydrogens (tertiary/aromatic N) is 1. The lowest BCUT2D eigenvalue weighted by atomic mass is 10.1. The SMILES string of the molecule is ClCc1ccc(Nc2nccc3ccccc23)cc1. The van der Waals surface area contributed by atoms with Crippen molar-refractivity contribution in [3.05, 3.63) is 66.4 Å². The van der Waals surface area contributed by atoms with Crippen LogP contribution in [0.1, 0.15) is 5.56 Å². The lowest BCUT2D eigenvalue weighted by molar-refractivity contribution is 1.33. The highest BCUT2D eigenvalue weighted by molar-refractivity contribution is 6.17. The smallest absolute Gasteiger partial charge is 0.138 e. The molecule has 0 unspecified atom stereocenters. The molecule has 0 amide bonds. The molecule has 94 valence electrons. The molecule has 3 aromatic rings. The van der Waals surface area contributed by atoms with Crippen LogP contribution in [0.25, 0.3) is 10.8 Å². The molecule has 2 nitrogen and oxygen atoms in total. The van der Waals surface area contributed by atoms with Crippen LogP contribution in [-0.2, 0) is 5.88 Å². The molecule has 0 aliphatic carbocycles. The minimum atomic E-state index is 0.535. The lowest BCUT2D eigenvalue weighted by Crippen LogP contribution is -1.94. The van der Waals surface area contributed by atoms with Gasteiger partial charge in [0.1, 0.15) is 5.82 Å². The summed E-state index contributed by atoms with van der Waals surface area (Å²) in [5.74, 6) is 1.41. The van der Waals surface area contributed by atoms with Crippen molar-refractivity contribution in [3.63, 3.8) is 0 Å². The third-order valence-corrected chi connectivity index (χ3v) is 3.35. The number of halogens is 1. The summed E-state index contributed by atoms with van der Waals surface area (Å²) in [6.07, 6.45) is 1.82. The Morgan fingerprint density at radius 3 is 2.53 bits per heavy atom. The van der Waals surface area contributed by atoms with Gasteiger partial charge in [0.2, 0.25) is 0 Å². The number of hydrogen-bond donors (Lipinski definition) is 1. The molecule has 1 N–H and O–H groups in total. The van der Waals surface area contributed by atoms with Crippen LogP contribution in [0.5, 0.6) is 0 Å². The molecule has 0 aliphatic rings. The molecule has 3 rings (SSSR count). The summed E-state index contributed by atoms with van der Waals surface area (Å²) in [7, 11) is 0. The largest absolute Gasteiger partial charge is 0.340 e. The molecule has 0 fully saturated rings. The summed E-state index contributed by atoms with van der Waals surface area (Å²) < 4.78 is 0. The maximum atomic E-state index is 5.78. The van der Waals surface area contributed by atoms with Crippen molar-refractivity contribution in [1.82, 2.24) is 4.98 Å². The topological polar surface area (TPSA) is 24.9 Å². The number of aromatic nitrogens is 1. The van der Waals surface area contributed by atoms with Crippen molar-refractivity contribution in [2.75, 3.05) is 5.32 Å². The van der Waals surface area contributed by atoms with Gasteiger partial charge in [0, 0.05) is 23.2 Å². The van der Waals surface area contributed by atoms with E-state index >= 15 is 0 Å². The quantitative estimate of drug-likeness (QED) is 0.696. The van der Waals surface area contributed by atoms with E-state index in [4.69, 9.17) is 11.6 Å². The predicted molar refractivity (Wildman–Crippen MR) is 81.0 cm³/mol. The summed E-state index contributed by atoms with van der Waals surface area (Å²) in [5, 5.41) is 5.64. The monoisotopic (exact) mass is 268 g/mol. The van der Waals surface area contributed by atoms with Gasteiger partial charge in [-0.15, -0.1) is 11.6 Å². The highest BCUT2D eigenvalue weighted by Crippen LogP contribution is 2.24. The van der Waals surface area contributed by atoms with E-state index in [1.54, 1.807) is 0 Å². The Hall–Kier alpha value is -2.06. The Balaban J connectivity index is 1.96. The molecule has 0 bridgehead atoms. The van der Waals surface area contributed by atoms with Crippen molar-refractivity contribution < 1.29 is 0 Å². The standard InChI is InChI=1S/C16H13ClN2/c17-11-12-5-7-14(8-6-12)19-16-15-4-2-1-3-13(15)9-10-18-16/h1-10H,11H2,(H,18,19). The number of pyridine rings is 1. The highest BCUT2D eigenvalue weighted by atomic mass is 35.5. The van der Waals surface area contributed by atoms with Crippen LogP contribution in [0.15, 0.2) is 60.8 Å². The Labute approximate surface area is 117 Å². The molecule has 0 spiro atoms. The van der Waals surface area contributed by atoms with Gasteiger partial charge < -0.3 is 5.32 Å². The molecule has 3 heteroatoms. The molecule has 0 atom stereocenters. The van der Waals surface area contributed by atoms with Crippen molar-refractivity contribution >= 4 is 33.9 Å². The Bertz CT molecular complexity index is 687. The number of benzene rings is 2. The fourth-order valence-electron chi connectivity index (χ4n) is 2.03. The Morgan fingerprint density at radius 1 is 0.947 bits per heavy atom. The van der Waals surface area contributed by atoms with Crippen LogP contribution in [0.2, 0.25) is 0 Å². The fraction of sp³-hybridized carbons (Fsp3) is 0.0625. The normalized spacial score (nSPS) is 10.6. The molecule has 19 heavy (non-hydrogen) atoms. The molecule has 1 aromatic heterocycles. The highest BCUT2D eigenvalue weighted by Gasteiger charge is 2.02. The maximum absolute atomic E-state index is 5.78. The van der Waals surface area contributed by atoms with Crippen LogP contribution >= 0.6 is 11.6 Å². The van der Waals surface area contributed by atoms with E-state index in [2.05, 4.69) is 22.4 Å². The second kappa shape index (κ2) is 5.29. The predicted octanol–water partition coefficient (Wildman–Crippen LogP) is 4.72. The van der Waals surface area contributed by atoms with Gasteiger partial charge in [0.25, 0.3) is 0 Å². The van der Waals surface area contributed by atoms with E-state index in [0.29, 0.717) is 5.88 Å². The van der Waals surface area contributed by atoms with Gasteiger partial charge in [-0.2, -0.15) is 0 Å². The first-order chi connectivity index (χ1) is 9.36. The van der Waals surface area contributed by atoms with Crippen molar-refractivity contribution in [3.8, 4) is 0 Å². The number of alkyl halides is 1. The minimum absolute atomic E-state index is 0.535. The van der Waals surface area contributed by atoms with Gasteiger partial charge in [-0.05, 0) is 29.1 Å². The minimum Gasteiger partial charge on any atom is -0.340 e. The van der Waals surface area contributed by atoms with E-state index in [9.17, 15) is 0 Å². The van der Waals surface area contributed by atoms with Crippen LogP contribution in [0.3, 0.4) is 0 Å². The number of hydrogen-bond acceptors (Lipinski definition) is 2. The molecule has 1 heterocycles. The molecule has 0 aliphatic heterocycles. The van der Waals surface area contributed by atoms with E-state index in [-0.39, 0.29) is 0 Å². The molecule has 0 saturated heterocycles. The summed E-state index contributed by atoms with van der Waals surface area (Å²) in [5.41, 5.74) is 2.12. The third kappa shape index (κ3) is 2.54. The first-order valence-corrected chi connectivity index (χ1v) is 6.66. The summed E-state index contributed by atoms with van der Waals surface area (Å²) >= 11 is 5.78. The molecular weight excluding hydrogens is 256 g/mol. The number of anilines is 2. The van der Waals surface area contributed by atoms with Gasteiger partial charge in [-0.1, -0.05) is 36.4 Å². The van der Waals surface area contributed by atoms with Gasteiger partial charge in [0.05, 0.1) is 0 Å². The van der Waals surface area contributed by atoms with Crippen LogP contribution in [0, 0.1) is 0 Å².